The van der Waals surface area contributed by atoms with E-state index in [0.29, 0.717) is 23.9 Å². The molecule has 178 valence electrons. The van der Waals surface area contributed by atoms with Crippen LogP contribution in [0.5, 0.6) is 0 Å². The van der Waals surface area contributed by atoms with Crippen LogP contribution in [0.1, 0.15) is 64.6 Å². The Balaban J connectivity index is 1.35. The van der Waals surface area contributed by atoms with Crippen molar-refractivity contribution in [2.75, 3.05) is 6.54 Å². The Kier molecular flexibility index (Phi) is 4.90. The predicted octanol–water partition coefficient (Wildman–Crippen LogP) is 5.06. The summed E-state index contributed by atoms with van der Waals surface area (Å²) < 4.78 is 6.17. The highest BCUT2D eigenvalue weighted by molar-refractivity contribution is 5.94. The number of carbonyl (C=O) groups is 1. The number of benzene rings is 1. The highest BCUT2D eigenvalue weighted by Gasteiger charge is 2.40. The van der Waals surface area contributed by atoms with Gasteiger partial charge in [-0.3, -0.25) is 14.8 Å². The van der Waals surface area contributed by atoms with Crippen LogP contribution in [0.3, 0.4) is 0 Å². The van der Waals surface area contributed by atoms with E-state index in [1.165, 1.54) is 0 Å². The van der Waals surface area contributed by atoms with E-state index < -0.39 is 6.04 Å². The zero-order chi connectivity index (χ0) is 24.1. The summed E-state index contributed by atoms with van der Waals surface area (Å²) in [6, 6.07) is 15.3. The number of oxazole rings is 1. The largest absolute Gasteiger partial charge is 0.429 e. The second-order valence-corrected chi connectivity index (χ2v) is 9.45. The van der Waals surface area contributed by atoms with Crippen LogP contribution in [0.25, 0.3) is 22.4 Å². The number of imidazole rings is 1. The second-order valence-electron chi connectivity index (χ2n) is 9.45. The fourth-order valence-corrected chi connectivity index (χ4v) is 5.09. The van der Waals surface area contributed by atoms with Crippen LogP contribution >= 0.6 is 0 Å². The molecule has 0 unspecified atom stereocenters. The number of amides is 1. The lowest BCUT2D eigenvalue weighted by atomic mass is 10.0. The van der Waals surface area contributed by atoms with Crippen LogP contribution in [0, 0.1) is 0 Å². The number of carbonyl (C=O) groups excluding carboxylic acids is 1. The number of pyridine rings is 2. The maximum Gasteiger partial charge on any atom is 0.292 e. The van der Waals surface area contributed by atoms with Crippen LogP contribution in [0.4, 0.5) is 0 Å². The molecule has 0 bridgehead atoms. The first-order chi connectivity index (χ1) is 17.8. The Bertz CT molecular complexity index is 1570. The molecule has 0 spiro atoms. The van der Waals surface area contributed by atoms with Gasteiger partial charge in [0.2, 0.25) is 11.7 Å². The van der Waals surface area contributed by atoms with Crippen molar-refractivity contribution in [3.05, 3.63) is 95.8 Å². The highest BCUT2D eigenvalue weighted by Crippen LogP contribution is 2.43. The summed E-state index contributed by atoms with van der Waals surface area (Å²) in [6.45, 7) is 0.561. The van der Waals surface area contributed by atoms with Crippen LogP contribution in [-0.2, 0) is 6.42 Å². The molecule has 1 N–H and O–H groups in total. The first-order valence-corrected chi connectivity index (χ1v) is 12.4. The number of aromatic amines is 1. The van der Waals surface area contributed by atoms with Gasteiger partial charge in [-0.1, -0.05) is 30.3 Å². The van der Waals surface area contributed by atoms with Gasteiger partial charge in [-0.2, -0.15) is 0 Å². The lowest BCUT2D eigenvalue weighted by Gasteiger charge is -2.29. The van der Waals surface area contributed by atoms with E-state index in [2.05, 4.69) is 27.1 Å². The number of H-pyrrole nitrogens is 1. The van der Waals surface area contributed by atoms with E-state index >= 15 is 0 Å². The van der Waals surface area contributed by atoms with Gasteiger partial charge < -0.3 is 14.3 Å². The molecule has 2 aliphatic rings. The molecular weight excluding hydrogens is 452 g/mol. The minimum atomic E-state index is -0.429. The molecule has 1 amide bonds. The van der Waals surface area contributed by atoms with Crippen molar-refractivity contribution < 1.29 is 9.21 Å². The number of rotatable bonds is 4. The molecule has 1 atom stereocenters. The number of hydrogen-bond donors (Lipinski definition) is 1. The molecule has 1 aliphatic heterocycles. The number of nitrogens with zero attached hydrogens (tertiary/aromatic N) is 5. The van der Waals surface area contributed by atoms with E-state index in [0.717, 1.165) is 59.2 Å². The number of nitrogens with one attached hydrogen (secondary N) is 1. The molecular formula is C28H24N6O2. The summed E-state index contributed by atoms with van der Waals surface area (Å²) in [4.78, 5) is 37.9. The predicted molar refractivity (Wildman–Crippen MR) is 133 cm³/mol. The lowest BCUT2D eigenvalue weighted by molar-refractivity contribution is 0.0671. The molecule has 8 heteroatoms. The molecule has 7 rings (SSSR count). The Morgan fingerprint density at radius 2 is 1.86 bits per heavy atom. The van der Waals surface area contributed by atoms with Crippen molar-refractivity contribution in [2.45, 2.75) is 37.6 Å². The van der Waals surface area contributed by atoms with Crippen molar-refractivity contribution in [3.63, 3.8) is 0 Å². The van der Waals surface area contributed by atoms with Crippen molar-refractivity contribution in [2.24, 2.45) is 0 Å². The van der Waals surface area contributed by atoms with Gasteiger partial charge in [0, 0.05) is 35.9 Å². The molecule has 1 aromatic carbocycles. The van der Waals surface area contributed by atoms with E-state index in [1.54, 1.807) is 12.5 Å². The third-order valence-corrected chi connectivity index (χ3v) is 7.04. The average molecular weight is 477 g/mol. The van der Waals surface area contributed by atoms with Crippen LogP contribution in [0.15, 0.2) is 71.7 Å². The van der Waals surface area contributed by atoms with Gasteiger partial charge >= 0.3 is 0 Å². The fraction of sp³-hybridized carbons (Fsp3) is 0.250. The molecule has 5 aromatic rings. The number of hydrogen-bond acceptors (Lipinski definition) is 6. The molecule has 36 heavy (non-hydrogen) atoms. The van der Waals surface area contributed by atoms with Gasteiger partial charge in [-0.15, -0.1) is 0 Å². The first kappa shape index (κ1) is 21.0. The Morgan fingerprint density at radius 3 is 2.69 bits per heavy atom. The van der Waals surface area contributed by atoms with Crippen molar-refractivity contribution in [1.82, 2.24) is 29.8 Å². The Morgan fingerprint density at radius 1 is 1.00 bits per heavy atom. The highest BCUT2D eigenvalue weighted by atomic mass is 16.4. The van der Waals surface area contributed by atoms with Crippen LogP contribution in [-0.4, -0.2) is 42.3 Å². The van der Waals surface area contributed by atoms with Crippen molar-refractivity contribution >= 4 is 16.7 Å². The van der Waals surface area contributed by atoms with Gasteiger partial charge in [0.15, 0.2) is 0 Å². The minimum Gasteiger partial charge on any atom is -0.429 e. The SMILES string of the molecule is O=C(c1oc(-c2ccccn2)nc1C1CC1)N1CCCc2[nH]cnc2[C@@H]1c1cc2ccccc2cn1. The van der Waals surface area contributed by atoms with Crippen LogP contribution in [0.2, 0.25) is 0 Å². The number of aromatic nitrogens is 5. The van der Waals surface area contributed by atoms with E-state index in [9.17, 15) is 4.79 Å². The summed E-state index contributed by atoms with van der Waals surface area (Å²) in [5, 5.41) is 2.13. The zero-order valence-electron chi connectivity index (χ0n) is 19.6. The normalized spacial score (nSPS) is 17.7. The standard InChI is InChI=1S/C28H24N6O2/c35-28(26-23(17-10-11-17)33-27(36-26)21-8-3-4-12-29-21)34-13-5-9-20-24(32-16-31-20)25(34)22-14-18-6-1-2-7-19(18)15-30-22/h1-4,6-8,12,14-17,25H,5,9-11,13H2,(H,31,32)/t25-/m0/s1. The van der Waals surface area contributed by atoms with Gasteiger partial charge in [-0.05, 0) is 49.3 Å². The quantitative estimate of drug-likeness (QED) is 0.389. The number of aryl methyl sites for hydroxylation is 1. The summed E-state index contributed by atoms with van der Waals surface area (Å²) in [7, 11) is 0. The minimum absolute atomic E-state index is 0.178. The maximum atomic E-state index is 14.2. The summed E-state index contributed by atoms with van der Waals surface area (Å²) in [5.41, 5.74) is 4.02. The average Bonchev–Trinajstić information content (AvgIpc) is 3.56. The van der Waals surface area contributed by atoms with E-state index in [1.807, 2.05) is 47.5 Å². The number of fused-ring (bicyclic) bond motifs is 2. The third kappa shape index (κ3) is 3.57. The fourth-order valence-electron chi connectivity index (χ4n) is 5.09. The monoisotopic (exact) mass is 476 g/mol. The molecule has 1 fully saturated rings. The molecule has 8 nitrogen and oxygen atoms in total. The summed E-state index contributed by atoms with van der Waals surface area (Å²) >= 11 is 0. The van der Waals surface area contributed by atoms with E-state index in [-0.39, 0.29) is 11.8 Å². The van der Waals surface area contributed by atoms with Crippen molar-refractivity contribution in [1.29, 1.82) is 0 Å². The topological polar surface area (TPSA) is 101 Å². The van der Waals surface area contributed by atoms with Gasteiger partial charge in [0.1, 0.15) is 11.7 Å². The second kappa shape index (κ2) is 8.41. The molecule has 0 radical (unpaired) electrons. The van der Waals surface area contributed by atoms with E-state index in [4.69, 9.17) is 14.4 Å². The van der Waals surface area contributed by atoms with Crippen molar-refractivity contribution in [3.8, 4) is 11.6 Å². The maximum absolute atomic E-state index is 14.2. The van der Waals surface area contributed by atoms with Crippen LogP contribution < -0.4 is 0 Å². The summed E-state index contributed by atoms with van der Waals surface area (Å²) in [5.74, 6) is 0.761. The molecule has 5 heterocycles. The third-order valence-electron chi connectivity index (χ3n) is 7.04. The Hall–Kier alpha value is -4.33. The molecule has 0 saturated heterocycles. The smallest absolute Gasteiger partial charge is 0.292 e. The first-order valence-electron chi connectivity index (χ1n) is 12.4. The molecule has 1 aliphatic carbocycles. The zero-order valence-corrected chi connectivity index (χ0v) is 19.6. The Labute approximate surface area is 207 Å². The molecule has 1 saturated carbocycles. The lowest BCUT2D eigenvalue weighted by Crippen LogP contribution is -2.36. The molecule has 4 aromatic heterocycles. The summed E-state index contributed by atoms with van der Waals surface area (Å²) in [6.07, 6.45) is 8.91. The van der Waals surface area contributed by atoms with Gasteiger partial charge in [-0.25, -0.2) is 9.97 Å². The van der Waals surface area contributed by atoms with Gasteiger partial charge in [0.25, 0.3) is 5.91 Å². The van der Waals surface area contributed by atoms with Gasteiger partial charge in [0.05, 0.1) is 23.4 Å².